The van der Waals surface area contributed by atoms with Gasteiger partial charge in [0.05, 0.1) is 15.9 Å². The van der Waals surface area contributed by atoms with Gasteiger partial charge in [-0.1, -0.05) is 36.9 Å². The van der Waals surface area contributed by atoms with Gasteiger partial charge in [-0.15, -0.1) is 0 Å². The molecule has 0 aromatic heterocycles. The number of hydrogen-bond acceptors (Lipinski definition) is 5. The highest BCUT2D eigenvalue weighted by Crippen LogP contribution is 2.34. The maximum Gasteiger partial charge on any atom is 0.255 e. The quantitative estimate of drug-likeness (QED) is 0.711. The summed E-state index contributed by atoms with van der Waals surface area (Å²) in [4.78, 5) is 40.8. The minimum absolute atomic E-state index is 0.0278. The molecule has 2 aromatic carbocycles. The maximum absolute atomic E-state index is 13.1. The van der Waals surface area contributed by atoms with E-state index in [1.165, 1.54) is 11.0 Å². The zero-order chi connectivity index (χ0) is 25.4. The first kappa shape index (κ1) is 19.8. The Morgan fingerprint density at radius 1 is 1.18 bits per heavy atom. The Balaban J connectivity index is 1.30. The maximum atomic E-state index is 13.1. The van der Waals surface area contributed by atoms with E-state index in [-0.39, 0.29) is 55.3 Å². The second-order valence-electron chi connectivity index (χ2n) is 8.69. The molecule has 0 spiro atoms. The molecule has 176 valence electrons. The molecule has 0 bridgehead atoms. The summed E-state index contributed by atoms with van der Waals surface area (Å²) in [5, 5.41) is 2.71. The minimum Gasteiger partial charge on any atom is -0.489 e. The molecule has 0 radical (unpaired) electrons. The van der Waals surface area contributed by atoms with E-state index in [2.05, 4.69) is 11.9 Å². The van der Waals surface area contributed by atoms with Crippen molar-refractivity contribution >= 4 is 17.7 Å². The second-order valence-corrected chi connectivity index (χ2v) is 8.69. The van der Waals surface area contributed by atoms with Crippen molar-refractivity contribution < 1.29 is 26.6 Å². The minimum atomic E-state index is -0.627. The average molecular weight is 464 g/mol. The number of nitrogens with one attached hydrogen (secondary N) is 1. The molecule has 5 rings (SSSR count). The van der Waals surface area contributed by atoms with Gasteiger partial charge in [-0.3, -0.25) is 14.4 Å². The van der Waals surface area contributed by atoms with Gasteiger partial charge >= 0.3 is 0 Å². The van der Waals surface area contributed by atoms with E-state index in [0.29, 0.717) is 49.4 Å². The highest BCUT2D eigenvalue weighted by Gasteiger charge is 2.39. The molecule has 2 fully saturated rings. The first-order valence-corrected chi connectivity index (χ1v) is 11.3. The van der Waals surface area contributed by atoms with Crippen LogP contribution in [0.15, 0.2) is 54.7 Å². The Labute approximate surface area is 200 Å². The van der Waals surface area contributed by atoms with Crippen molar-refractivity contribution in [3.05, 3.63) is 76.9 Å². The van der Waals surface area contributed by atoms with E-state index in [4.69, 9.17) is 12.2 Å². The van der Waals surface area contributed by atoms with Crippen LogP contribution in [0.2, 0.25) is 0 Å². The number of allylic oxidation sites excluding steroid dienone is 1. The average Bonchev–Trinajstić information content (AvgIpc) is 3.17. The highest BCUT2D eigenvalue weighted by atomic mass is 16.5. The van der Waals surface area contributed by atoms with Crippen LogP contribution in [0.25, 0.3) is 0 Å². The van der Waals surface area contributed by atoms with Crippen molar-refractivity contribution in [3.63, 3.8) is 0 Å². The van der Waals surface area contributed by atoms with Crippen LogP contribution in [0.1, 0.15) is 42.6 Å². The number of hydrogen-bond donors (Lipinski definition) is 1. The number of ether oxygens (including phenoxy) is 2. The Morgan fingerprint density at radius 3 is 2.74 bits per heavy atom. The van der Waals surface area contributed by atoms with E-state index in [9.17, 15) is 14.4 Å². The van der Waals surface area contributed by atoms with Crippen LogP contribution >= 0.6 is 0 Å². The van der Waals surface area contributed by atoms with Gasteiger partial charge in [0.25, 0.3) is 5.91 Å². The summed E-state index contributed by atoms with van der Waals surface area (Å²) in [7, 11) is 0. The van der Waals surface area contributed by atoms with Gasteiger partial charge in [0.2, 0.25) is 11.8 Å². The van der Waals surface area contributed by atoms with Gasteiger partial charge in [-0.05, 0) is 36.1 Å². The third kappa shape index (κ3) is 4.41. The van der Waals surface area contributed by atoms with Crippen molar-refractivity contribution in [2.45, 2.75) is 38.6 Å². The molecule has 0 aliphatic carbocycles. The van der Waals surface area contributed by atoms with Crippen molar-refractivity contribution in [1.82, 2.24) is 15.1 Å². The van der Waals surface area contributed by atoms with Crippen LogP contribution in [0.5, 0.6) is 5.75 Å². The lowest BCUT2D eigenvalue weighted by Gasteiger charge is -2.31. The van der Waals surface area contributed by atoms with Crippen LogP contribution in [-0.4, -0.2) is 53.3 Å². The molecule has 3 aliphatic rings. The first-order valence-electron chi connectivity index (χ1n) is 12.3. The molecule has 8 nitrogen and oxygen atoms in total. The third-order valence-corrected chi connectivity index (χ3v) is 6.38. The van der Waals surface area contributed by atoms with E-state index in [1.807, 2.05) is 24.3 Å². The van der Waals surface area contributed by atoms with Gasteiger partial charge in [0, 0.05) is 29.9 Å². The van der Waals surface area contributed by atoms with Crippen molar-refractivity contribution in [3.8, 4) is 5.75 Å². The van der Waals surface area contributed by atoms with Gasteiger partial charge in [0.1, 0.15) is 25.0 Å². The molecule has 2 saturated heterocycles. The number of benzene rings is 2. The van der Waals surface area contributed by atoms with Crippen molar-refractivity contribution in [1.29, 1.82) is 0 Å². The predicted octanol–water partition coefficient (Wildman–Crippen LogP) is 2.37. The molecule has 3 amide bonds. The van der Waals surface area contributed by atoms with Crippen molar-refractivity contribution in [2.24, 2.45) is 0 Å². The van der Waals surface area contributed by atoms with Crippen LogP contribution in [0.4, 0.5) is 0 Å². The fourth-order valence-corrected chi connectivity index (χ4v) is 4.47. The second kappa shape index (κ2) is 9.30. The SMILES string of the molecule is [2H]c1cc2c(c(OCc3ccc(CN4CCOCC4=O)cc3)c1[2H])CN(C1CCC(=C)NC1=O)C2=O. The molecular weight excluding hydrogens is 434 g/mol. The van der Waals surface area contributed by atoms with Crippen LogP contribution < -0.4 is 10.1 Å². The summed E-state index contributed by atoms with van der Waals surface area (Å²) in [5.41, 5.74) is 3.30. The molecule has 1 atom stereocenters. The van der Waals surface area contributed by atoms with Gasteiger partial charge < -0.3 is 24.6 Å². The highest BCUT2D eigenvalue weighted by molar-refractivity contribution is 6.02. The number of carbonyl (C=O) groups is 3. The Kier molecular flexibility index (Phi) is 5.42. The number of amides is 3. The first-order chi connectivity index (χ1) is 17.3. The zero-order valence-electron chi connectivity index (χ0n) is 20.8. The Morgan fingerprint density at radius 2 is 1.97 bits per heavy atom. The molecular formula is C26H27N3O5. The number of rotatable bonds is 6. The number of nitrogens with zero attached hydrogens (tertiary/aromatic N) is 2. The number of carbonyl (C=O) groups excluding carboxylic acids is 3. The molecule has 2 aromatic rings. The summed E-state index contributed by atoms with van der Waals surface area (Å²) in [6, 6.07) is 8.20. The van der Waals surface area contributed by atoms with E-state index < -0.39 is 6.04 Å². The van der Waals surface area contributed by atoms with Gasteiger partial charge in [0.15, 0.2) is 0 Å². The zero-order valence-corrected chi connectivity index (χ0v) is 18.8. The van der Waals surface area contributed by atoms with Gasteiger partial charge in [-0.25, -0.2) is 0 Å². The standard InChI is InChI=1S/C26H27N3O5/c1-17-5-10-22(25(31)27-17)29-14-21-20(26(29)32)3-2-4-23(21)34-15-19-8-6-18(7-9-19)13-28-11-12-33-16-24(28)30/h2-4,6-9,22H,1,5,10-16H2,(H,27,31)/i2D,4D. The molecule has 0 saturated carbocycles. The third-order valence-electron chi connectivity index (χ3n) is 6.38. The normalized spacial score (nSPS) is 21.2. The van der Waals surface area contributed by atoms with Crippen LogP contribution in [0.3, 0.4) is 0 Å². The molecule has 3 aliphatic heterocycles. The summed E-state index contributed by atoms with van der Waals surface area (Å²) < 4.78 is 27.7. The van der Waals surface area contributed by atoms with Crippen LogP contribution in [0, 0.1) is 0 Å². The summed E-state index contributed by atoms with van der Waals surface area (Å²) in [5.74, 6) is -0.444. The Hall–Kier alpha value is -3.65. The lowest BCUT2D eigenvalue weighted by Crippen LogP contribution is -2.49. The number of fused-ring (bicyclic) bond motifs is 1. The molecule has 8 heteroatoms. The molecule has 34 heavy (non-hydrogen) atoms. The smallest absolute Gasteiger partial charge is 0.255 e. The number of morpholine rings is 1. The largest absolute Gasteiger partial charge is 0.489 e. The summed E-state index contributed by atoms with van der Waals surface area (Å²) in [6.45, 7) is 5.80. The van der Waals surface area contributed by atoms with Crippen molar-refractivity contribution in [2.75, 3.05) is 19.8 Å². The molecule has 1 unspecified atom stereocenters. The lowest BCUT2D eigenvalue weighted by molar-refractivity contribution is -0.143. The predicted molar refractivity (Wildman–Crippen MR) is 124 cm³/mol. The fourth-order valence-electron chi connectivity index (χ4n) is 4.47. The van der Waals surface area contributed by atoms with E-state index in [1.54, 1.807) is 4.90 Å². The Bertz CT molecular complexity index is 1250. The number of piperidine rings is 1. The fraction of sp³-hybridized carbons (Fsp3) is 0.346. The molecule has 1 N–H and O–H groups in total. The summed E-state index contributed by atoms with van der Waals surface area (Å²) in [6.07, 6.45) is 1.06. The van der Waals surface area contributed by atoms with Crippen LogP contribution in [-0.2, 0) is 34.0 Å². The topological polar surface area (TPSA) is 88.2 Å². The van der Waals surface area contributed by atoms with E-state index >= 15 is 0 Å². The monoisotopic (exact) mass is 463 g/mol. The summed E-state index contributed by atoms with van der Waals surface area (Å²) >= 11 is 0. The van der Waals surface area contributed by atoms with Gasteiger partial charge in [-0.2, -0.15) is 0 Å². The lowest BCUT2D eigenvalue weighted by atomic mass is 10.0. The van der Waals surface area contributed by atoms with E-state index in [0.717, 1.165) is 11.1 Å². The molecule has 3 heterocycles.